The molecule has 0 spiro atoms. The maximum absolute atomic E-state index is 5.71. The average molecular weight is 246 g/mol. The summed E-state index contributed by atoms with van der Waals surface area (Å²) in [6.07, 6.45) is 1.00. The Morgan fingerprint density at radius 2 is 2.19 bits per heavy atom. The van der Waals surface area contributed by atoms with Gasteiger partial charge in [-0.1, -0.05) is 13.8 Å². The molecule has 0 radical (unpaired) electrons. The third-order valence-electron chi connectivity index (χ3n) is 2.61. The first-order chi connectivity index (χ1) is 7.63. The number of methoxy groups -OCH3 is 1. The van der Waals surface area contributed by atoms with Crippen LogP contribution >= 0.6 is 11.6 Å². The van der Waals surface area contributed by atoms with E-state index >= 15 is 0 Å². The molecule has 1 heterocycles. The summed E-state index contributed by atoms with van der Waals surface area (Å²) in [6.45, 7) is 5.87. The van der Waals surface area contributed by atoms with Crippen LogP contribution in [0.4, 0.5) is 0 Å². The predicted octanol–water partition coefficient (Wildman–Crippen LogP) is 3.08. The van der Waals surface area contributed by atoms with Gasteiger partial charge in [-0.3, -0.25) is 0 Å². The first-order valence-electron chi connectivity index (χ1n) is 5.60. The number of halogens is 1. The molecule has 1 aromatic heterocycles. The minimum atomic E-state index is 0.434. The van der Waals surface area contributed by atoms with Gasteiger partial charge >= 0.3 is 0 Å². The Kier molecular flexibility index (Phi) is 5.88. The van der Waals surface area contributed by atoms with E-state index in [0.717, 1.165) is 18.8 Å². The molecule has 0 aliphatic carbocycles. The molecule has 1 rings (SSSR count). The molecule has 0 aliphatic heterocycles. The van der Waals surface area contributed by atoms with Gasteiger partial charge in [0.05, 0.1) is 6.54 Å². The van der Waals surface area contributed by atoms with Gasteiger partial charge in [-0.25, -0.2) is 0 Å². The van der Waals surface area contributed by atoms with Crippen LogP contribution in [0, 0.1) is 5.92 Å². The molecule has 3 nitrogen and oxygen atoms in total. The van der Waals surface area contributed by atoms with Crippen molar-refractivity contribution in [2.24, 2.45) is 5.92 Å². The number of nitrogens with one attached hydrogen (secondary N) is 1. The van der Waals surface area contributed by atoms with Gasteiger partial charge in [0.2, 0.25) is 0 Å². The van der Waals surface area contributed by atoms with Gasteiger partial charge < -0.3 is 14.5 Å². The van der Waals surface area contributed by atoms with Gasteiger partial charge in [-0.2, -0.15) is 0 Å². The molecule has 0 aliphatic rings. The lowest BCUT2D eigenvalue weighted by Gasteiger charge is -2.21. The molecule has 4 heteroatoms. The Hall–Kier alpha value is -0.510. The Bertz CT molecular complexity index is 299. The SMILES string of the molecule is COCCC(NCc1ccc(Cl)o1)C(C)C. The Balaban J connectivity index is 2.37. The molecule has 0 saturated carbocycles. The molecular formula is C12H20ClNO2. The fourth-order valence-corrected chi connectivity index (χ4v) is 1.76. The summed E-state index contributed by atoms with van der Waals surface area (Å²) in [6, 6.07) is 4.09. The number of furan rings is 1. The molecular weight excluding hydrogens is 226 g/mol. The lowest BCUT2D eigenvalue weighted by Crippen LogP contribution is -2.34. The molecule has 1 unspecified atom stereocenters. The van der Waals surface area contributed by atoms with E-state index in [1.165, 1.54) is 0 Å². The normalized spacial score (nSPS) is 13.3. The smallest absolute Gasteiger partial charge is 0.193 e. The summed E-state index contributed by atoms with van der Waals surface area (Å²) in [4.78, 5) is 0. The second-order valence-corrected chi connectivity index (χ2v) is 4.59. The molecule has 0 bridgehead atoms. The zero-order chi connectivity index (χ0) is 12.0. The zero-order valence-corrected chi connectivity index (χ0v) is 10.9. The van der Waals surface area contributed by atoms with E-state index in [1.54, 1.807) is 13.2 Å². The van der Waals surface area contributed by atoms with Crippen molar-refractivity contribution in [2.45, 2.75) is 32.9 Å². The zero-order valence-electron chi connectivity index (χ0n) is 10.1. The van der Waals surface area contributed by atoms with Crippen LogP contribution < -0.4 is 5.32 Å². The quantitative estimate of drug-likeness (QED) is 0.802. The van der Waals surface area contributed by atoms with Crippen molar-refractivity contribution >= 4 is 11.6 Å². The predicted molar refractivity (Wildman–Crippen MR) is 65.7 cm³/mol. The molecule has 0 aromatic carbocycles. The number of ether oxygens (including phenoxy) is 1. The Morgan fingerprint density at radius 1 is 1.44 bits per heavy atom. The van der Waals surface area contributed by atoms with Crippen LogP contribution in [0.1, 0.15) is 26.0 Å². The monoisotopic (exact) mass is 245 g/mol. The Labute approximate surface area is 102 Å². The number of rotatable bonds is 7. The summed E-state index contributed by atoms with van der Waals surface area (Å²) in [7, 11) is 1.73. The standard InChI is InChI=1S/C12H20ClNO2/c1-9(2)11(6-7-15-3)14-8-10-4-5-12(13)16-10/h4-5,9,11,14H,6-8H2,1-3H3. The van der Waals surface area contributed by atoms with Crippen LogP contribution in [0.3, 0.4) is 0 Å². The first-order valence-corrected chi connectivity index (χ1v) is 5.97. The lowest BCUT2D eigenvalue weighted by molar-refractivity contribution is 0.172. The van der Waals surface area contributed by atoms with Crippen molar-refractivity contribution < 1.29 is 9.15 Å². The van der Waals surface area contributed by atoms with E-state index in [-0.39, 0.29) is 0 Å². The second kappa shape index (κ2) is 6.94. The van der Waals surface area contributed by atoms with Gasteiger partial charge in [0.25, 0.3) is 0 Å². The van der Waals surface area contributed by atoms with E-state index in [0.29, 0.717) is 23.7 Å². The third kappa shape index (κ3) is 4.56. The highest BCUT2D eigenvalue weighted by Crippen LogP contribution is 2.14. The molecule has 1 atom stereocenters. The van der Waals surface area contributed by atoms with E-state index < -0.39 is 0 Å². The largest absolute Gasteiger partial charge is 0.448 e. The van der Waals surface area contributed by atoms with Gasteiger partial charge in [-0.15, -0.1) is 0 Å². The molecule has 0 amide bonds. The van der Waals surface area contributed by atoms with Gasteiger partial charge in [0.1, 0.15) is 5.76 Å². The highest BCUT2D eigenvalue weighted by atomic mass is 35.5. The van der Waals surface area contributed by atoms with Crippen molar-refractivity contribution in [3.05, 3.63) is 23.1 Å². The van der Waals surface area contributed by atoms with E-state index in [4.69, 9.17) is 20.8 Å². The second-order valence-electron chi connectivity index (χ2n) is 4.22. The minimum absolute atomic E-state index is 0.434. The van der Waals surface area contributed by atoms with E-state index in [2.05, 4.69) is 19.2 Å². The summed E-state index contributed by atoms with van der Waals surface area (Å²) >= 11 is 5.71. The van der Waals surface area contributed by atoms with Crippen LogP contribution in [0.25, 0.3) is 0 Å². The first kappa shape index (κ1) is 13.6. The van der Waals surface area contributed by atoms with Gasteiger partial charge in [0.15, 0.2) is 5.22 Å². The van der Waals surface area contributed by atoms with Crippen LogP contribution in [0.15, 0.2) is 16.5 Å². The summed E-state index contributed by atoms with van der Waals surface area (Å²) in [5.74, 6) is 1.44. The number of hydrogen-bond acceptors (Lipinski definition) is 3. The minimum Gasteiger partial charge on any atom is -0.448 e. The summed E-state index contributed by atoms with van der Waals surface area (Å²) in [5, 5.41) is 3.89. The van der Waals surface area contributed by atoms with Crippen LogP contribution in [-0.2, 0) is 11.3 Å². The van der Waals surface area contributed by atoms with Crippen molar-refractivity contribution in [3.63, 3.8) is 0 Å². The van der Waals surface area contributed by atoms with Gasteiger partial charge in [-0.05, 0) is 36.1 Å². The average Bonchev–Trinajstić information content (AvgIpc) is 2.64. The van der Waals surface area contributed by atoms with E-state index in [1.807, 2.05) is 6.07 Å². The fourth-order valence-electron chi connectivity index (χ4n) is 1.59. The summed E-state index contributed by atoms with van der Waals surface area (Å²) in [5.41, 5.74) is 0. The molecule has 1 aromatic rings. The van der Waals surface area contributed by atoms with Crippen molar-refractivity contribution in [2.75, 3.05) is 13.7 Å². The highest BCUT2D eigenvalue weighted by molar-refractivity contribution is 6.28. The van der Waals surface area contributed by atoms with Gasteiger partial charge in [0, 0.05) is 19.8 Å². The topological polar surface area (TPSA) is 34.4 Å². The fraction of sp³-hybridized carbons (Fsp3) is 0.667. The maximum Gasteiger partial charge on any atom is 0.193 e. The molecule has 0 saturated heterocycles. The van der Waals surface area contributed by atoms with E-state index in [9.17, 15) is 0 Å². The highest BCUT2D eigenvalue weighted by Gasteiger charge is 2.13. The van der Waals surface area contributed by atoms with Crippen molar-refractivity contribution in [1.82, 2.24) is 5.32 Å². The lowest BCUT2D eigenvalue weighted by atomic mass is 10.0. The molecule has 16 heavy (non-hydrogen) atoms. The van der Waals surface area contributed by atoms with Crippen LogP contribution in [-0.4, -0.2) is 19.8 Å². The molecule has 1 N–H and O–H groups in total. The van der Waals surface area contributed by atoms with Crippen LogP contribution in [0.2, 0.25) is 5.22 Å². The Morgan fingerprint density at radius 3 is 2.69 bits per heavy atom. The molecule has 0 fully saturated rings. The number of hydrogen-bond donors (Lipinski definition) is 1. The van der Waals surface area contributed by atoms with Crippen molar-refractivity contribution in [1.29, 1.82) is 0 Å². The third-order valence-corrected chi connectivity index (χ3v) is 2.81. The maximum atomic E-state index is 5.71. The molecule has 92 valence electrons. The van der Waals surface area contributed by atoms with Crippen molar-refractivity contribution in [3.8, 4) is 0 Å². The van der Waals surface area contributed by atoms with Crippen LogP contribution in [0.5, 0.6) is 0 Å². The summed E-state index contributed by atoms with van der Waals surface area (Å²) < 4.78 is 10.4.